The van der Waals surface area contributed by atoms with Gasteiger partial charge in [0.25, 0.3) is 0 Å². The van der Waals surface area contributed by atoms with E-state index in [1.807, 2.05) is 30.3 Å². The maximum atomic E-state index is 11.3. The minimum atomic E-state index is -0.489. The maximum Gasteiger partial charge on any atom is 0.421 e. The van der Waals surface area contributed by atoms with Crippen molar-refractivity contribution in [3.8, 4) is 0 Å². The van der Waals surface area contributed by atoms with Crippen LogP contribution in [0.5, 0.6) is 0 Å². The van der Waals surface area contributed by atoms with E-state index in [1.54, 1.807) is 0 Å². The minimum Gasteiger partial charge on any atom is -0.444 e. The number of carbonyl (C=O) groups is 2. The lowest BCUT2D eigenvalue weighted by molar-refractivity contribution is -0.107. The van der Waals surface area contributed by atoms with E-state index in [9.17, 15) is 9.59 Å². The molecule has 0 spiro atoms. The van der Waals surface area contributed by atoms with E-state index < -0.39 is 6.09 Å². The number of amides is 1. The first-order chi connectivity index (χ1) is 9.33. The largest absolute Gasteiger partial charge is 0.444 e. The van der Waals surface area contributed by atoms with E-state index in [0.29, 0.717) is 13.0 Å². The predicted octanol–water partition coefficient (Wildman–Crippen LogP) is 2.18. The molecule has 1 aromatic carbocycles. The average Bonchev–Trinajstić information content (AvgIpc) is 2.45. The van der Waals surface area contributed by atoms with Crippen LogP contribution in [0, 0.1) is 0 Å². The fraction of sp³-hybridized carbons (Fsp3) is 0.429. The Morgan fingerprint density at radius 2 is 1.95 bits per heavy atom. The highest BCUT2D eigenvalue weighted by Gasteiger charge is 2.00. The molecule has 1 aromatic rings. The van der Waals surface area contributed by atoms with Crippen molar-refractivity contribution in [1.29, 1.82) is 0 Å². The van der Waals surface area contributed by atoms with Crippen LogP contribution in [0.2, 0.25) is 0 Å². The molecule has 104 valence electrons. The summed E-state index contributed by atoms with van der Waals surface area (Å²) >= 11 is 0. The standard InChI is InChI=1S/C14H20N2O3/c17-11-7-2-1-6-10-15-16-14(18)19-12-13-8-4-3-5-9-13/h3-5,8-9,11,15H,1-2,6-7,10,12H2,(H,16,18). The van der Waals surface area contributed by atoms with Gasteiger partial charge in [0.1, 0.15) is 12.9 Å². The highest BCUT2D eigenvalue weighted by Crippen LogP contribution is 2.00. The first-order valence-corrected chi connectivity index (χ1v) is 6.46. The zero-order valence-electron chi connectivity index (χ0n) is 10.9. The molecule has 0 radical (unpaired) electrons. The summed E-state index contributed by atoms with van der Waals surface area (Å²) in [7, 11) is 0. The minimum absolute atomic E-state index is 0.258. The van der Waals surface area contributed by atoms with Crippen LogP contribution in [0.1, 0.15) is 31.2 Å². The molecule has 0 aliphatic heterocycles. The summed E-state index contributed by atoms with van der Waals surface area (Å²) in [5.41, 5.74) is 6.20. The molecular formula is C14H20N2O3. The summed E-state index contributed by atoms with van der Waals surface area (Å²) in [5, 5.41) is 0. The molecule has 0 aliphatic rings. The van der Waals surface area contributed by atoms with Gasteiger partial charge in [-0.1, -0.05) is 36.8 Å². The van der Waals surface area contributed by atoms with Crippen molar-refractivity contribution in [3.05, 3.63) is 35.9 Å². The van der Waals surface area contributed by atoms with Crippen molar-refractivity contribution in [3.63, 3.8) is 0 Å². The van der Waals surface area contributed by atoms with Crippen molar-refractivity contribution in [2.45, 2.75) is 32.3 Å². The Kier molecular flexibility index (Phi) is 8.05. The molecule has 1 amide bonds. The normalized spacial score (nSPS) is 9.89. The average molecular weight is 264 g/mol. The number of aldehydes is 1. The van der Waals surface area contributed by atoms with Gasteiger partial charge in [-0.05, 0) is 18.4 Å². The lowest BCUT2D eigenvalue weighted by Crippen LogP contribution is -2.38. The zero-order chi connectivity index (χ0) is 13.8. The molecule has 0 saturated heterocycles. The summed E-state index contributed by atoms with van der Waals surface area (Å²) in [6, 6.07) is 9.50. The van der Waals surface area contributed by atoms with E-state index in [2.05, 4.69) is 10.9 Å². The highest BCUT2D eigenvalue weighted by molar-refractivity contribution is 5.66. The van der Waals surface area contributed by atoms with Gasteiger partial charge in [-0.15, -0.1) is 0 Å². The number of hydrogen-bond acceptors (Lipinski definition) is 4. The number of carbonyl (C=O) groups excluding carboxylic acids is 2. The first kappa shape index (κ1) is 15.2. The number of ether oxygens (including phenoxy) is 1. The molecule has 0 fully saturated rings. The van der Waals surface area contributed by atoms with Crippen LogP contribution >= 0.6 is 0 Å². The summed E-state index contributed by atoms with van der Waals surface area (Å²) in [4.78, 5) is 21.4. The third-order valence-electron chi connectivity index (χ3n) is 2.53. The highest BCUT2D eigenvalue weighted by atomic mass is 16.6. The molecular weight excluding hydrogens is 244 g/mol. The van der Waals surface area contributed by atoms with Gasteiger partial charge in [-0.25, -0.2) is 10.2 Å². The van der Waals surface area contributed by atoms with Gasteiger partial charge >= 0.3 is 6.09 Å². The van der Waals surface area contributed by atoms with E-state index in [4.69, 9.17) is 4.74 Å². The van der Waals surface area contributed by atoms with Crippen LogP contribution in [0.4, 0.5) is 4.79 Å². The lowest BCUT2D eigenvalue weighted by atomic mass is 10.2. The van der Waals surface area contributed by atoms with E-state index in [0.717, 1.165) is 31.1 Å². The first-order valence-electron chi connectivity index (χ1n) is 6.46. The van der Waals surface area contributed by atoms with Gasteiger partial charge in [-0.2, -0.15) is 0 Å². The number of hydrazine groups is 1. The summed E-state index contributed by atoms with van der Waals surface area (Å²) in [6.07, 6.45) is 3.80. The third-order valence-corrected chi connectivity index (χ3v) is 2.53. The van der Waals surface area contributed by atoms with E-state index >= 15 is 0 Å². The number of nitrogens with one attached hydrogen (secondary N) is 2. The Bertz CT molecular complexity index is 368. The number of unbranched alkanes of at least 4 members (excludes halogenated alkanes) is 3. The van der Waals surface area contributed by atoms with Crippen LogP contribution in [-0.2, 0) is 16.1 Å². The molecule has 19 heavy (non-hydrogen) atoms. The third kappa shape index (κ3) is 7.94. The molecule has 0 unspecified atom stereocenters. The molecule has 5 heteroatoms. The zero-order valence-corrected chi connectivity index (χ0v) is 10.9. The monoisotopic (exact) mass is 264 g/mol. The smallest absolute Gasteiger partial charge is 0.421 e. The van der Waals surface area contributed by atoms with Crippen molar-refractivity contribution in [2.24, 2.45) is 0 Å². The quantitative estimate of drug-likeness (QED) is 0.407. The Balaban J connectivity index is 1.98. The summed E-state index contributed by atoms with van der Waals surface area (Å²) < 4.78 is 5.01. The molecule has 0 aliphatic carbocycles. The fourth-order valence-corrected chi connectivity index (χ4v) is 1.51. The van der Waals surface area contributed by atoms with Crippen molar-refractivity contribution in [1.82, 2.24) is 10.9 Å². The van der Waals surface area contributed by atoms with Crippen molar-refractivity contribution < 1.29 is 14.3 Å². The SMILES string of the molecule is O=CCCCCCNNC(=O)OCc1ccccc1. The Hall–Kier alpha value is -1.88. The lowest BCUT2D eigenvalue weighted by Gasteiger charge is -2.08. The number of hydrogen-bond donors (Lipinski definition) is 2. The molecule has 0 saturated carbocycles. The van der Waals surface area contributed by atoms with Crippen molar-refractivity contribution >= 4 is 12.4 Å². The molecule has 5 nitrogen and oxygen atoms in total. The van der Waals surface area contributed by atoms with Crippen LogP contribution in [0.15, 0.2) is 30.3 Å². The van der Waals surface area contributed by atoms with Gasteiger partial charge < -0.3 is 9.53 Å². The number of benzene rings is 1. The Labute approximate surface area is 113 Å². The van der Waals surface area contributed by atoms with Gasteiger partial charge in [-0.3, -0.25) is 5.43 Å². The summed E-state index contributed by atoms with van der Waals surface area (Å²) in [6.45, 7) is 0.924. The maximum absolute atomic E-state index is 11.3. The van der Waals surface area contributed by atoms with Crippen LogP contribution < -0.4 is 10.9 Å². The van der Waals surface area contributed by atoms with Crippen LogP contribution in [-0.4, -0.2) is 18.9 Å². The van der Waals surface area contributed by atoms with Gasteiger partial charge in [0, 0.05) is 13.0 Å². The van der Waals surface area contributed by atoms with Gasteiger partial charge in [0.05, 0.1) is 0 Å². The van der Waals surface area contributed by atoms with E-state index in [-0.39, 0.29) is 6.61 Å². The molecule has 0 bridgehead atoms. The fourth-order valence-electron chi connectivity index (χ4n) is 1.51. The van der Waals surface area contributed by atoms with Gasteiger partial charge in [0.15, 0.2) is 0 Å². The molecule has 0 aromatic heterocycles. The summed E-state index contributed by atoms with van der Waals surface area (Å²) in [5.74, 6) is 0. The predicted molar refractivity (Wildman–Crippen MR) is 72.3 cm³/mol. The topological polar surface area (TPSA) is 67.4 Å². The van der Waals surface area contributed by atoms with Crippen LogP contribution in [0.25, 0.3) is 0 Å². The second-order valence-corrected chi connectivity index (χ2v) is 4.13. The number of rotatable bonds is 9. The molecule has 0 atom stereocenters. The van der Waals surface area contributed by atoms with Crippen LogP contribution in [0.3, 0.4) is 0 Å². The van der Waals surface area contributed by atoms with Crippen molar-refractivity contribution in [2.75, 3.05) is 6.54 Å². The second kappa shape index (κ2) is 10.1. The Morgan fingerprint density at radius 3 is 2.68 bits per heavy atom. The van der Waals surface area contributed by atoms with E-state index in [1.165, 1.54) is 0 Å². The second-order valence-electron chi connectivity index (χ2n) is 4.13. The molecule has 2 N–H and O–H groups in total. The molecule has 0 heterocycles. The van der Waals surface area contributed by atoms with Gasteiger partial charge in [0.2, 0.25) is 0 Å². The Morgan fingerprint density at radius 1 is 1.16 bits per heavy atom. The molecule has 1 rings (SSSR count).